The number of carbonyl (C=O) groups is 1. The Morgan fingerprint density at radius 1 is 1.10 bits per heavy atom. The van der Waals surface area contributed by atoms with Gasteiger partial charge < -0.3 is 10.1 Å². The van der Waals surface area contributed by atoms with Gasteiger partial charge in [-0.15, -0.1) is 21.6 Å². The second-order valence-electron chi connectivity index (χ2n) is 6.87. The maximum absolute atomic E-state index is 12.4. The zero-order valence-corrected chi connectivity index (χ0v) is 18.2. The highest BCUT2D eigenvalue weighted by Crippen LogP contribution is 2.37. The van der Waals surface area contributed by atoms with Crippen LogP contribution in [-0.2, 0) is 10.0 Å². The van der Waals surface area contributed by atoms with Crippen molar-refractivity contribution in [1.82, 2.24) is 4.98 Å². The summed E-state index contributed by atoms with van der Waals surface area (Å²) in [7, 11) is -3.66. The summed E-state index contributed by atoms with van der Waals surface area (Å²) >= 11 is 1.11. The van der Waals surface area contributed by atoms with Crippen LogP contribution >= 0.6 is 11.3 Å². The van der Waals surface area contributed by atoms with E-state index in [1.54, 1.807) is 17.5 Å². The molecule has 0 bridgehead atoms. The molecule has 0 saturated carbocycles. The molecule has 31 heavy (non-hydrogen) atoms. The number of aromatic hydroxyl groups is 1. The molecule has 2 aromatic heterocycles. The lowest BCUT2D eigenvalue weighted by atomic mass is 10.1. The van der Waals surface area contributed by atoms with E-state index in [1.807, 2.05) is 19.9 Å². The van der Waals surface area contributed by atoms with E-state index in [-0.39, 0.29) is 21.3 Å². The number of amides is 1. The first-order chi connectivity index (χ1) is 14.8. The minimum atomic E-state index is -3.66. The van der Waals surface area contributed by atoms with Crippen LogP contribution in [0.2, 0.25) is 0 Å². The summed E-state index contributed by atoms with van der Waals surface area (Å²) in [6, 6.07) is 12.7. The average Bonchev–Trinajstić information content (AvgIpc) is 3.38. The van der Waals surface area contributed by atoms with Gasteiger partial charge in [0.2, 0.25) is 5.88 Å². The predicted octanol–water partition coefficient (Wildman–Crippen LogP) is 5.28. The molecule has 4 aromatic rings. The van der Waals surface area contributed by atoms with Gasteiger partial charge in [-0.2, -0.15) is 0 Å². The molecule has 0 fully saturated rings. The Morgan fingerprint density at radius 2 is 1.84 bits per heavy atom. The Hall–Kier alpha value is -3.50. The Morgan fingerprint density at radius 3 is 2.52 bits per heavy atom. The van der Waals surface area contributed by atoms with Crippen molar-refractivity contribution in [1.29, 1.82) is 0 Å². The van der Waals surface area contributed by atoms with E-state index >= 15 is 0 Å². The highest BCUT2D eigenvalue weighted by molar-refractivity contribution is 7.94. The molecule has 2 aromatic carbocycles. The van der Waals surface area contributed by atoms with Crippen LogP contribution in [0.15, 0.2) is 68.3 Å². The number of hydrogen-bond acceptors (Lipinski definition) is 6. The number of H-pyrrole nitrogens is 1. The number of fused-ring (bicyclic) bond motifs is 1. The van der Waals surface area contributed by atoms with Crippen LogP contribution in [0.25, 0.3) is 10.9 Å². The third-order valence-corrected chi connectivity index (χ3v) is 7.62. The molecular weight excluding hydrogens is 436 g/mol. The zero-order chi connectivity index (χ0) is 22.2. The molecule has 0 aliphatic carbocycles. The van der Waals surface area contributed by atoms with Crippen LogP contribution in [-0.4, -0.2) is 24.4 Å². The van der Waals surface area contributed by atoms with Gasteiger partial charge >= 0.3 is 0 Å². The molecule has 10 heteroatoms. The number of aromatic amines is 1. The minimum absolute atomic E-state index is 0.168. The summed E-state index contributed by atoms with van der Waals surface area (Å²) in [6.45, 7) is 3.88. The third-order valence-electron chi connectivity index (χ3n) is 4.84. The first-order valence-corrected chi connectivity index (χ1v) is 11.6. The van der Waals surface area contributed by atoms with Crippen molar-refractivity contribution in [3.05, 3.63) is 70.6 Å². The number of sulfonamides is 1. The van der Waals surface area contributed by atoms with E-state index in [2.05, 4.69) is 19.9 Å². The number of rotatable bonds is 5. The minimum Gasteiger partial charge on any atom is -0.493 e. The fourth-order valence-corrected chi connectivity index (χ4v) is 5.09. The number of thiophene rings is 1. The fourth-order valence-electron chi connectivity index (χ4n) is 3.04. The zero-order valence-electron chi connectivity index (χ0n) is 16.6. The highest BCUT2D eigenvalue weighted by Gasteiger charge is 2.16. The van der Waals surface area contributed by atoms with Crippen LogP contribution in [0.3, 0.4) is 0 Å². The molecule has 0 unspecified atom stereocenters. The molecule has 8 nitrogen and oxygen atoms in total. The van der Waals surface area contributed by atoms with E-state index in [0.29, 0.717) is 11.1 Å². The van der Waals surface area contributed by atoms with Crippen molar-refractivity contribution >= 4 is 49.5 Å². The number of aromatic nitrogens is 1. The third kappa shape index (κ3) is 4.07. The van der Waals surface area contributed by atoms with Gasteiger partial charge in [-0.1, -0.05) is 18.2 Å². The van der Waals surface area contributed by atoms with Crippen LogP contribution in [0.5, 0.6) is 5.88 Å². The second kappa shape index (κ2) is 7.97. The number of benzene rings is 2. The maximum atomic E-state index is 12.4. The summed E-state index contributed by atoms with van der Waals surface area (Å²) < 4.78 is 27.2. The van der Waals surface area contributed by atoms with Gasteiger partial charge in [0, 0.05) is 16.6 Å². The summed E-state index contributed by atoms with van der Waals surface area (Å²) in [4.78, 5) is 15.3. The number of azo groups is 1. The molecule has 0 radical (unpaired) electrons. The van der Waals surface area contributed by atoms with Crippen molar-refractivity contribution in [2.24, 2.45) is 10.2 Å². The number of aryl methyl sites for hydroxylation is 2. The average molecular weight is 455 g/mol. The number of nitrogens with one attached hydrogen (secondary N) is 2. The number of anilines is 1. The van der Waals surface area contributed by atoms with E-state index in [1.165, 1.54) is 30.3 Å². The molecule has 1 amide bonds. The van der Waals surface area contributed by atoms with Crippen LogP contribution < -0.4 is 4.72 Å². The van der Waals surface area contributed by atoms with Gasteiger partial charge in [0.15, 0.2) is 5.69 Å². The van der Waals surface area contributed by atoms with Gasteiger partial charge in [0.1, 0.15) is 4.21 Å². The van der Waals surface area contributed by atoms with Gasteiger partial charge in [-0.05, 0) is 60.7 Å². The summed E-state index contributed by atoms with van der Waals surface area (Å²) in [6.07, 6.45) is 0. The van der Waals surface area contributed by atoms with Crippen molar-refractivity contribution in [2.75, 3.05) is 4.72 Å². The molecule has 0 spiro atoms. The quantitative estimate of drug-likeness (QED) is 0.355. The van der Waals surface area contributed by atoms with E-state index in [0.717, 1.165) is 28.0 Å². The van der Waals surface area contributed by atoms with Crippen molar-refractivity contribution < 1.29 is 18.3 Å². The Balaban J connectivity index is 1.53. The van der Waals surface area contributed by atoms with Crippen molar-refractivity contribution in [3.8, 4) is 5.88 Å². The van der Waals surface area contributed by atoms with E-state index < -0.39 is 15.9 Å². The Bertz CT molecular complexity index is 1400. The van der Waals surface area contributed by atoms with E-state index in [9.17, 15) is 18.3 Å². The number of hydrogen-bond donors (Lipinski definition) is 3. The molecule has 0 aliphatic rings. The maximum Gasteiger partial charge on any atom is 0.295 e. The monoisotopic (exact) mass is 454 g/mol. The first-order valence-electron chi connectivity index (χ1n) is 9.19. The van der Waals surface area contributed by atoms with Crippen molar-refractivity contribution in [3.63, 3.8) is 0 Å². The molecule has 0 aliphatic heterocycles. The lowest BCUT2D eigenvalue weighted by Gasteiger charge is -2.06. The molecule has 3 N–H and O–H groups in total. The molecular formula is C21H18N4O4S2. The molecule has 158 valence electrons. The van der Waals surface area contributed by atoms with Gasteiger partial charge in [0.05, 0.1) is 5.52 Å². The fraction of sp³-hybridized carbons (Fsp3) is 0.0952. The first kappa shape index (κ1) is 20.8. The summed E-state index contributed by atoms with van der Waals surface area (Å²) in [5.41, 5.74) is 3.51. The van der Waals surface area contributed by atoms with Gasteiger partial charge in [-0.25, -0.2) is 8.42 Å². The molecule has 4 rings (SSSR count). The SMILES string of the molecule is Cc1ccc2c(N=NC(=O)c3ccc(NS(=O)(=O)c4cccs4)cc3)c(O)[nH]c2c1C. The normalized spacial score (nSPS) is 11.9. The smallest absolute Gasteiger partial charge is 0.295 e. The van der Waals surface area contributed by atoms with Crippen LogP contribution in [0.4, 0.5) is 11.4 Å². The number of nitrogens with zero attached hydrogens (tertiary/aromatic N) is 2. The summed E-state index contributed by atoms with van der Waals surface area (Å²) in [5.74, 6) is -0.788. The lowest BCUT2D eigenvalue weighted by molar-refractivity contribution is 0.0995. The number of carbonyl (C=O) groups excluding carboxylic acids is 1. The van der Waals surface area contributed by atoms with Crippen molar-refractivity contribution in [2.45, 2.75) is 18.1 Å². The molecule has 0 saturated heterocycles. The Kier molecular flexibility index (Phi) is 5.34. The highest BCUT2D eigenvalue weighted by atomic mass is 32.2. The summed E-state index contributed by atoms with van der Waals surface area (Å²) in [5, 5.41) is 20.2. The largest absolute Gasteiger partial charge is 0.493 e. The second-order valence-corrected chi connectivity index (χ2v) is 9.73. The predicted molar refractivity (Wildman–Crippen MR) is 120 cm³/mol. The Labute approximate surface area is 182 Å². The van der Waals surface area contributed by atoms with Gasteiger partial charge in [-0.3, -0.25) is 9.52 Å². The van der Waals surface area contributed by atoms with Crippen LogP contribution in [0.1, 0.15) is 21.5 Å². The topological polar surface area (TPSA) is 124 Å². The molecule has 0 atom stereocenters. The lowest BCUT2D eigenvalue weighted by Crippen LogP contribution is -2.11. The molecule has 2 heterocycles. The standard InChI is InChI=1S/C21H18N4O4S2/c1-12-5-10-16-18(13(12)2)22-21(27)19(16)23-24-20(26)14-6-8-15(9-7-14)25-31(28,29)17-4-3-11-30-17/h3-11,22,25,27H,1-2H3. The van der Waals surface area contributed by atoms with Crippen LogP contribution in [0, 0.1) is 13.8 Å². The van der Waals surface area contributed by atoms with Gasteiger partial charge in [0.25, 0.3) is 15.9 Å². The van der Waals surface area contributed by atoms with E-state index in [4.69, 9.17) is 0 Å².